The number of hydrogen-bond acceptors (Lipinski definition) is 2. The Labute approximate surface area is 85.7 Å². The lowest BCUT2D eigenvalue weighted by molar-refractivity contribution is -0.152. The van der Waals surface area contributed by atoms with Crippen molar-refractivity contribution in [3.8, 4) is 0 Å². The van der Waals surface area contributed by atoms with Gasteiger partial charge in [0.25, 0.3) is 0 Å². The third-order valence-electron chi connectivity index (χ3n) is 5.47. The third kappa shape index (κ3) is 0.796. The number of carbonyl (C=O) groups excluding carboxylic acids is 1. The Morgan fingerprint density at radius 3 is 2.14 bits per heavy atom. The normalized spacial score (nSPS) is 49.6. The van der Waals surface area contributed by atoms with E-state index in [4.69, 9.17) is 0 Å². The number of fused-ring (bicyclic) bond motifs is 2. The molecule has 3 atom stereocenters. The molecule has 0 aromatic heterocycles. The molecule has 0 aromatic rings. The van der Waals surface area contributed by atoms with Crippen LogP contribution >= 0.6 is 0 Å². The maximum absolute atomic E-state index is 11.6. The fourth-order valence-corrected chi connectivity index (χ4v) is 3.81. The molecular formula is C12H20O2. The van der Waals surface area contributed by atoms with E-state index in [9.17, 15) is 9.90 Å². The van der Waals surface area contributed by atoms with E-state index >= 15 is 0 Å². The van der Waals surface area contributed by atoms with Gasteiger partial charge in [0.2, 0.25) is 0 Å². The van der Waals surface area contributed by atoms with Crippen molar-refractivity contribution in [1.29, 1.82) is 0 Å². The summed E-state index contributed by atoms with van der Waals surface area (Å²) >= 11 is 0. The first-order chi connectivity index (χ1) is 6.26. The van der Waals surface area contributed by atoms with Crippen molar-refractivity contribution in [2.24, 2.45) is 16.7 Å². The van der Waals surface area contributed by atoms with E-state index in [0.29, 0.717) is 12.3 Å². The van der Waals surface area contributed by atoms with Gasteiger partial charge < -0.3 is 5.11 Å². The van der Waals surface area contributed by atoms with Crippen LogP contribution in [0.15, 0.2) is 0 Å². The number of aliphatic hydroxyl groups is 1. The molecule has 0 amide bonds. The molecule has 0 spiro atoms. The Hall–Kier alpha value is -0.370. The monoisotopic (exact) mass is 196 g/mol. The Kier molecular flexibility index (Phi) is 1.75. The van der Waals surface area contributed by atoms with Crippen molar-refractivity contribution in [3.05, 3.63) is 0 Å². The predicted molar refractivity (Wildman–Crippen MR) is 54.9 cm³/mol. The zero-order valence-electron chi connectivity index (χ0n) is 9.55. The molecule has 0 saturated heterocycles. The van der Waals surface area contributed by atoms with E-state index in [2.05, 4.69) is 20.8 Å². The summed E-state index contributed by atoms with van der Waals surface area (Å²) in [7, 11) is 0. The van der Waals surface area contributed by atoms with Gasteiger partial charge in [0, 0.05) is 5.41 Å². The van der Waals surface area contributed by atoms with Crippen LogP contribution < -0.4 is 0 Å². The molecule has 2 bridgehead atoms. The van der Waals surface area contributed by atoms with Gasteiger partial charge in [-0.1, -0.05) is 20.8 Å². The van der Waals surface area contributed by atoms with E-state index in [-0.39, 0.29) is 16.6 Å². The minimum Gasteiger partial charge on any atom is -0.381 e. The highest BCUT2D eigenvalue weighted by Crippen LogP contribution is 2.69. The molecule has 0 unspecified atom stereocenters. The minimum absolute atomic E-state index is 0.0460. The van der Waals surface area contributed by atoms with Crippen molar-refractivity contribution in [1.82, 2.24) is 0 Å². The van der Waals surface area contributed by atoms with Gasteiger partial charge in [-0.2, -0.15) is 0 Å². The van der Waals surface area contributed by atoms with Gasteiger partial charge in [0.1, 0.15) is 5.60 Å². The fraction of sp³-hybridized carbons (Fsp3) is 0.917. The molecule has 0 aromatic carbocycles. The summed E-state index contributed by atoms with van der Waals surface area (Å²) < 4.78 is 0. The second-order valence-electron chi connectivity index (χ2n) is 5.91. The minimum atomic E-state index is -1.06. The molecule has 2 fully saturated rings. The highest BCUT2D eigenvalue weighted by molar-refractivity contribution is 5.86. The van der Waals surface area contributed by atoms with Crippen LogP contribution in [0.25, 0.3) is 0 Å². The molecule has 2 aliphatic rings. The summed E-state index contributed by atoms with van der Waals surface area (Å²) in [5.74, 6) is 0.469. The van der Waals surface area contributed by atoms with Crippen LogP contribution in [0.3, 0.4) is 0 Å². The maximum atomic E-state index is 11.6. The van der Waals surface area contributed by atoms with Crippen LogP contribution in [0.5, 0.6) is 0 Å². The van der Waals surface area contributed by atoms with Crippen molar-refractivity contribution in [3.63, 3.8) is 0 Å². The summed E-state index contributed by atoms with van der Waals surface area (Å²) in [6, 6.07) is 0. The Balaban J connectivity index is 2.50. The first kappa shape index (κ1) is 10.2. The summed E-state index contributed by atoms with van der Waals surface area (Å²) in [4.78, 5) is 11.6. The van der Waals surface area contributed by atoms with Crippen molar-refractivity contribution in [2.75, 3.05) is 0 Å². The Morgan fingerprint density at radius 2 is 1.93 bits per heavy atom. The lowest BCUT2D eigenvalue weighted by atomic mass is 9.63. The third-order valence-corrected chi connectivity index (χ3v) is 5.47. The Morgan fingerprint density at radius 1 is 1.36 bits per heavy atom. The van der Waals surface area contributed by atoms with E-state index in [1.165, 1.54) is 13.3 Å². The average Bonchev–Trinajstić information content (AvgIpc) is 2.36. The van der Waals surface area contributed by atoms with Gasteiger partial charge >= 0.3 is 0 Å². The zero-order chi connectivity index (χ0) is 10.8. The second-order valence-corrected chi connectivity index (χ2v) is 5.91. The molecule has 2 heteroatoms. The Bertz CT molecular complexity index is 295. The van der Waals surface area contributed by atoms with Gasteiger partial charge in [0.15, 0.2) is 5.78 Å². The standard InChI is InChI=1S/C12H20O2/c1-8(13)12(14)7-9-5-6-11(12,4)10(9,2)3/h9,14H,5-7H2,1-4H3/t9-,11-,12+/m1/s1. The second kappa shape index (κ2) is 2.41. The van der Waals surface area contributed by atoms with Gasteiger partial charge in [-0.3, -0.25) is 4.79 Å². The van der Waals surface area contributed by atoms with Gasteiger partial charge in [0.05, 0.1) is 0 Å². The first-order valence-corrected chi connectivity index (χ1v) is 5.49. The molecule has 0 heterocycles. The summed E-state index contributed by atoms with van der Waals surface area (Å²) in [6.07, 6.45) is 2.83. The van der Waals surface area contributed by atoms with Gasteiger partial charge in [-0.15, -0.1) is 0 Å². The number of carbonyl (C=O) groups is 1. The number of Topliss-reactive ketones (excluding diaryl/α,β-unsaturated/α-hetero) is 1. The van der Waals surface area contributed by atoms with Gasteiger partial charge in [-0.05, 0) is 37.5 Å². The maximum Gasteiger partial charge on any atom is 0.161 e. The number of ketones is 1. The fourth-order valence-electron chi connectivity index (χ4n) is 3.81. The molecule has 2 aliphatic carbocycles. The average molecular weight is 196 g/mol. The van der Waals surface area contributed by atoms with E-state index in [1.807, 2.05) is 0 Å². The van der Waals surface area contributed by atoms with Crippen LogP contribution in [0.4, 0.5) is 0 Å². The summed E-state index contributed by atoms with van der Waals surface area (Å²) in [5.41, 5.74) is -1.16. The predicted octanol–water partition coefficient (Wildman–Crippen LogP) is 2.15. The largest absolute Gasteiger partial charge is 0.381 e. The van der Waals surface area contributed by atoms with Crippen LogP contribution in [-0.4, -0.2) is 16.5 Å². The first-order valence-electron chi connectivity index (χ1n) is 5.49. The van der Waals surface area contributed by atoms with Crippen molar-refractivity contribution >= 4 is 5.78 Å². The van der Waals surface area contributed by atoms with Crippen molar-refractivity contribution < 1.29 is 9.90 Å². The van der Waals surface area contributed by atoms with Crippen LogP contribution in [0.2, 0.25) is 0 Å². The molecule has 0 aliphatic heterocycles. The molecule has 1 N–H and O–H groups in total. The quantitative estimate of drug-likeness (QED) is 0.697. The van der Waals surface area contributed by atoms with Crippen LogP contribution in [-0.2, 0) is 4.79 Å². The van der Waals surface area contributed by atoms with Gasteiger partial charge in [-0.25, -0.2) is 0 Å². The molecule has 2 rings (SSSR count). The molecule has 0 radical (unpaired) electrons. The highest BCUT2D eigenvalue weighted by Gasteiger charge is 2.70. The topological polar surface area (TPSA) is 37.3 Å². The smallest absolute Gasteiger partial charge is 0.161 e. The van der Waals surface area contributed by atoms with Crippen LogP contribution in [0, 0.1) is 16.7 Å². The highest BCUT2D eigenvalue weighted by atomic mass is 16.3. The lowest BCUT2D eigenvalue weighted by Gasteiger charge is -2.43. The number of rotatable bonds is 1. The summed E-state index contributed by atoms with van der Waals surface area (Å²) in [5, 5.41) is 10.5. The van der Waals surface area contributed by atoms with Crippen molar-refractivity contribution in [2.45, 2.75) is 52.6 Å². The molecule has 80 valence electrons. The van der Waals surface area contributed by atoms with Crippen LogP contribution in [0.1, 0.15) is 47.0 Å². The lowest BCUT2D eigenvalue weighted by Crippen LogP contribution is -2.51. The van der Waals surface area contributed by atoms with E-state index in [1.54, 1.807) is 0 Å². The molecule has 14 heavy (non-hydrogen) atoms. The van der Waals surface area contributed by atoms with E-state index < -0.39 is 5.60 Å². The molecule has 2 nitrogen and oxygen atoms in total. The summed E-state index contributed by atoms with van der Waals surface area (Å²) in [6.45, 7) is 8.01. The zero-order valence-corrected chi connectivity index (χ0v) is 9.55. The van der Waals surface area contributed by atoms with E-state index in [0.717, 1.165) is 6.42 Å². The molecular weight excluding hydrogens is 176 g/mol. The number of hydrogen-bond donors (Lipinski definition) is 1. The SMILES string of the molecule is CC(=O)[C@@]1(O)C[C@H]2CC[C@]1(C)C2(C)C. The molecule has 2 saturated carbocycles.